The average molecular weight is 346 g/mol. The Morgan fingerprint density at radius 3 is 2.75 bits per heavy atom. The van der Waals surface area contributed by atoms with Crippen LogP contribution >= 0.6 is 0 Å². The van der Waals surface area contributed by atoms with Crippen LogP contribution < -0.4 is 5.73 Å². The molecule has 0 aromatic heterocycles. The van der Waals surface area contributed by atoms with Crippen molar-refractivity contribution in [1.29, 1.82) is 0 Å². The van der Waals surface area contributed by atoms with Crippen LogP contribution in [0.25, 0.3) is 6.08 Å². The van der Waals surface area contributed by atoms with Crippen molar-refractivity contribution in [3.8, 4) is 0 Å². The van der Waals surface area contributed by atoms with Crippen molar-refractivity contribution in [2.45, 2.75) is 57.0 Å². The first-order valence-corrected chi connectivity index (χ1v) is 10.1. The second kappa shape index (κ2) is 5.97. The highest BCUT2D eigenvalue weighted by Crippen LogP contribution is 2.46. The van der Waals surface area contributed by atoms with E-state index >= 15 is 0 Å². The third-order valence-electron chi connectivity index (χ3n) is 5.44. The van der Waals surface area contributed by atoms with E-state index in [1.165, 1.54) is 35.2 Å². The standard InChI is InChI=1S/C19H26N2O2S/c1-11(2)9-21-10-15-14(8-17(21)12-3-4-12)18(24(22)23)7-13-5-6-16(20)19(13)15/h7-8,11-12,16H,3-6,9-10,20H2,1-2H3,(H,22,23)/t16-/m1/s1. The van der Waals surface area contributed by atoms with Crippen LogP contribution in [-0.2, 0) is 24.0 Å². The van der Waals surface area contributed by atoms with Gasteiger partial charge in [-0.3, -0.25) is 0 Å². The first-order chi connectivity index (χ1) is 11.5. The highest BCUT2D eigenvalue weighted by atomic mass is 32.2. The molecular formula is C19H26N2O2S. The minimum absolute atomic E-state index is 0.0618. The molecule has 0 saturated heterocycles. The zero-order valence-corrected chi connectivity index (χ0v) is 15.2. The van der Waals surface area contributed by atoms with Crippen LogP contribution in [0.3, 0.4) is 0 Å². The Morgan fingerprint density at radius 2 is 2.12 bits per heavy atom. The van der Waals surface area contributed by atoms with E-state index in [0.717, 1.165) is 31.5 Å². The number of benzene rings is 1. The van der Waals surface area contributed by atoms with E-state index in [-0.39, 0.29) is 6.04 Å². The van der Waals surface area contributed by atoms with E-state index in [2.05, 4.69) is 24.8 Å². The summed E-state index contributed by atoms with van der Waals surface area (Å²) < 4.78 is 21.8. The van der Waals surface area contributed by atoms with Crippen molar-refractivity contribution in [3.63, 3.8) is 0 Å². The molecule has 1 unspecified atom stereocenters. The lowest BCUT2D eigenvalue weighted by Crippen LogP contribution is -2.32. The Bertz CT molecular complexity index is 737. The van der Waals surface area contributed by atoms with Gasteiger partial charge >= 0.3 is 0 Å². The quantitative estimate of drug-likeness (QED) is 0.820. The predicted octanol–water partition coefficient (Wildman–Crippen LogP) is 3.44. The molecule has 3 N–H and O–H groups in total. The second-order valence-corrected chi connectivity index (χ2v) is 8.79. The molecule has 1 aromatic carbocycles. The maximum atomic E-state index is 11.9. The number of hydrogen-bond acceptors (Lipinski definition) is 3. The Balaban J connectivity index is 1.88. The Morgan fingerprint density at radius 1 is 1.38 bits per heavy atom. The molecule has 1 heterocycles. The van der Waals surface area contributed by atoms with Gasteiger partial charge in [-0.2, -0.15) is 0 Å². The SMILES string of the molecule is CC(C)CN1Cc2c(c(S(=O)O)cc3c2[C@H](N)CC3)C=C1C1CC1. The molecule has 0 amide bonds. The Kier molecular flexibility index (Phi) is 4.06. The van der Waals surface area contributed by atoms with Crippen molar-refractivity contribution in [1.82, 2.24) is 4.90 Å². The molecule has 24 heavy (non-hydrogen) atoms. The number of nitrogens with zero attached hydrogens (tertiary/aromatic N) is 1. The van der Waals surface area contributed by atoms with Crippen LogP contribution in [0, 0.1) is 11.8 Å². The van der Waals surface area contributed by atoms with Crippen molar-refractivity contribution in [2.75, 3.05) is 6.54 Å². The highest BCUT2D eigenvalue weighted by Gasteiger charge is 2.36. The molecule has 1 aromatic rings. The maximum absolute atomic E-state index is 11.9. The minimum Gasteiger partial charge on any atom is -0.370 e. The molecule has 1 aliphatic heterocycles. The Labute approximate surface area is 146 Å². The molecule has 4 nitrogen and oxygen atoms in total. The zero-order valence-electron chi connectivity index (χ0n) is 14.4. The summed E-state index contributed by atoms with van der Waals surface area (Å²) in [4.78, 5) is 3.06. The van der Waals surface area contributed by atoms with E-state index in [4.69, 9.17) is 5.73 Å². The minimum atomic E-state index is -1.96. The molecule has 1 fully saturated rings. The normalized spacial score (nSPS) is 24.0. The fourth-order valence-corrected chi connectivity index (χ4v) is 4.90. The second-order valence-electron chi connectivity index (χ2n) is 7.85. The van der Waals surface area contributed by atoms with E-state index in [1.54, 1.807) is 0 Å². The summed E-state index contributed by atoms with van der Waals surface area (Å²) in [6.07, 6.45) is 6.51. The molecule has 2 atom stereocenters. The number of allylic oxidation sites excluding steroid dienone is 1. The lowest BCUT2D eigenvalue weighted by atomic mass is 9.91. The summed E-state index contributed by atoms with van der Waals surface area (Å²) in [5.41, 5.74) is 12.3. The Hall–Kier alpha value is -1.17. The number of hydrogen-bond donors (Lipinski definition) is 2. The van der Waals surface area contributed by atoms with Gasteiger partial charge in [-0.15, -0.1) is 0 Å². The molecule has 1 saturated carbocycles. The third kappa shape index (κ3) is 2.72. The average Bonchev–Trinajstić information content (AvgIpc) is 3.28. The first kappa shape index (κ1) is 16.3. The topological polar surface area (TPSA) is 66.6 Å². The summed E-state index contributed by atoms with van der Waals surface area (Å²) >= 11 is -1.96. The molecule has 4 rings (SSSR count). The summed E-state index contributed by atoms with van der Waals surface area (Å²) in [7, 11) is 0. The largest absolute Gasteiger partial charge is 0.370 e. The number of nitrogens with two attached hydrogens (primary N) is 1. The van der Waals surface area contributed by atoms with E-state index < -0.39 is 11.1 Å². The summed E-state index contributed by atoms with van der Waals surface area (Å²) in [6.45, 7) is 6.35. The first-order valence-electron chi connectivity index (χ1n) is 8.97. The molecule has 5 heteroatoms. The summed E-state index contributed by atoms with van der Waals surface area (Å²) in [6, 6.07) is 1.99. The lowest BCUT2D eigenvalue weighted by molar-refractivity contribution is 0.280. The fourth-order valence-electron chi connectivity index (χ4n) is 4.29. The van der Waals surface area contributed by atoms with E-state index in [0.29, 0.717) is 16.7 Å². The van der Waals surface area contributed by atoms with Gasteiger partial charge in [-0.05, 0) is 71.9 Å². The van der Waals surface area contributed by atoms with Gasteiger partial charge in [-0.25, -0.2) is 4.21 Å². The van der Waals surface area contributed by atoms with Gasteiger partial charge in [0.1, 0.15) is 0 Å². The fraction of sp³-hybridized carbons (Fsp3) is 0.579. The molecule has 130 valence electrons. The van der Waals surface area contributed by atoms with Crippen LogP contribution in [0.5, 0.6) is 0 Å². The predicted molar refractivity (Wildman–Crippen MR) is 96.7 cm³/mol. The molecule has 0 radical (unpaired) electrons. The van der Waals surface area contributed by atoms with Gasteiger partial charge in [0.25, 0.3) is 0 Å². The number of aryl methyl sites for hydroxylation is 1. The number of rotatable bonds is 4. The maximum Gasteiger partial charge on any atom is 0.187 e. The van der Waals surface area contributed by atoms with Crippen molar-refractivity contribution >= 4 is 17.2 Å². The van der Waals surface area contributed by atoms with Gasteiger partial charge in [0.15, 0.2) is 11.1 Å². The van der Waals surface area contributed by atoms with Gasteiger partial charge < -0.3 is 15.2 Å². The molecule has 2 aliphatic carbocycles. The zero-order chi connectivity index (χ0) is 17.0. The molecular weight excluding hydrogens is 320 g/mol. The highest BCUT2D eigenvalue weighted by molar-refractivity contribution is 7.79. The lowest BCUT2D eigenvalue weighted by Gasteiger charge is -2.35. The van der Waals surface area contributed by atoms with E-state index in [1.807, 2.05) is 6.07 Å². The molecule has 0 bridgehead atoms. The van der Waals surface area contributed by atoms with Crippen molar-refractivity contribution in [2.24, 2.45) is 17.6 Å². The van der Waals surface area contributed by atoms with Gasteiger partial charge in [0.05, 0.1) is 4.90 Å². The number of fused-ring (bicyclic) bond motifs is 3. The van der Waals surface area contributed by atoms with Crippen LogP contribution in [0.4, 0.5) is 0 Å². The summed E-state index contributed by atoms with van der Waals surface area (Å²) in [5, 5.41) is 0. The summed E-state index contributed by atoms with van der Waals surface area (Å²) in [5.74, 6) is 1.21. The van der Waals surface area contributed by atoms with Crippen LogP contribution in [-0.4, -0.2) is 20.2 Å². The monoisotopic (exact) mass is 346 g/mol. The van der Waals surface area contributed by atoms with Crippen LogP contribution in [0.15, 0.2) is 16.7 Å². The van der Waals surface area contributed by atoms with Gasteiger partial charge in [-0.1, -0.05) is 13.8 Å². The smallest absolute Gasteiger partial charge is 0.187 e. The van der Waals surface area contributed by atoms with Crippen LogP contribution in [0.1, 0.15) is 61.4 Å². The third-order valence-corrected chi connectivity index (χ3v) is 6.15. The van der Waals surface area contributed by atoms with Crippen molar-refractivity contribution in [3.05, 3.63) is 34.0 Å². The van der Waals surface area contributed by atoms with Gasteiger partial charge in [0, 0.05) is 24.8 Å². The van der Waals surface area contributed by atoms with Crippen LogP contribution in [0.2, 0.25) is 0 Å². The molecule has 0 spiro atoms. The molecule has 3 aliphatic rings. The van der Waals surface area contributed by atoms with Gasteiger partial charge in [0.2, 0.25) is 0 Å². The van der Waals surface area contributed by atoms with E-state index in [9.17, 15) is 8.76 Å². The van der Waals surface area contributed by atoms with Crippen molar-refractivity contribution < 1.29 is 8.76 Å².